The van der Waals surface area contributed by atoms with E-state index in [1.165, 1.54) is 25.7 Å². The number of allylic oxidation sites excluding steroid dienone is 1. The largest absolute Gasteiger partial charge is 0.524 e. The van der Waals surface area contributed by atoms with Crippen LogP contribution in [0.15, 0.2) is 35.4 Å². The fraction of sp³-hybridized carbons (Fsp3) is 0.667. The van der Waals surface area contributed by atoms with Crippen LogP contribution in [0.1, 0.15) is 70.3 Å². The lowest BCUT2D eigenvalue weighted by Crippen LogP contribution is -2.75. The molecule has 0 aromatic heterocycles. The van der Waals surface area contributed by atoms with E-state index in [9.17, 15) is 4.57 Å². The first kappa shape index (κ1) is 22.6. The number of phosphoric acid groups is 1. The first-order valence-electron chi connectivity index (χ1n) is 11.9. The molecule has 176 valence electrons. The molecule has 1 saturated heterocycles. The second kappa shape index (κ2) is 8.23. The third kappa shape index (κ3) is 3.24. The number of ether oxygens (including phenoxy) is 1. The standard InChI is InChI=1S/C24H33O7P/c1-3-7-19-18-8-4-5-9-20(18)22-11-6-10-21(19)23(22)24(28-2,31-30-23)16-12-14-17(15-13-16)29-32(25,26)27/h12-15,19,21-22H,3-11H2,1-2H3,(H2,25,26,27). The van der Waals surface area contributed by atoms with Gasteiger partial charge in [0, 0.05) is 24.5 Å². The molecule has 1 saturated carbocycles. The van der Waals surface area contributed by atoms with E-state index in [0.717, 1.165) is 37.7 Å². The van der Waals surface area contributed by atoms with E-state index in [-0.39, 0.29) is 11.7 Å². The first-order valence-corrected chi connectivity index (χ1v) is 13.4. The molecule has 3 aliphatic carbocycles. The van der Waals surface area contributed by atoms with Crippen molar-refractivity contribution in [2.75, 3.05) is 7.11 Å². The van der Waals surface area contributed by atoms with Crippen molar-refractivity contribution in [1.82, 2.24) is 0 Å². The van der Waals surface area contributed by atoms with Gasteiger partial charge in [-0.05, 0) is 75.1 Å². The van der Waals surface area contributed by atoms with Crippen LogP contribution in [0.2, 0.25) is 0 Å². The molecule has 32 heavy (non-hydrogen) atoms. The Kier molecular flexibility index (Phi) is 5.80. The molecule has 1 heterocycles. The summed E-state index contributed by atoms with van der Waals surface area (Å²) in [4.78, 5) is 30.3. The van der Waals surface area contributed by atoms with Crippen molar-refractivity contribution >= 4 is 7.82 Å². The molecule has 0 amide bonds. The Morgan fingerprint density at radius 1 is 1.06 bits per heavy atom. The van der Waals surface area contributed by atoms with Crippen LogP contribution in [0.5, 0.6) is 5.75 Å². The van der Waals surface area contributed by atoms with Crippen LogP contribution in [0.25, 0.3) is 0 Å². The number of fused-ring (bicyclic) bond motifs is 1. The number of benzene rings is 1. The Bertz CT molecular complexity index is 934. The lowest BCUT2D eigenvalue weighted by atomic mass is 9.49. The second-order valence-corrected chi connectivity index (χ2v) is 10.8. The van der Waals surface area contributed by atoms with Gasteiger partial charge in [-0.3, -0.25) is 9.79 Å². The van der Waals surface area contributed by atoms with Gasteiger partial charge in [0.05, 0.1) is 0 Å². The summed E-state index contributed by atoms with van der Waals surface area (Å²) in [6, 6.07) is 6.65. The molecule has 1 aromatic rings. The summed E-state index contributed by atoms with van der Waals surface area (Å²) in [5.74, 6) is 0.128. The molecule has 2 N–H and O–H groups in total. The predicted molar refractivity (Wildman–Crippen MR) is 117 cm³/mol. The molecule has 1 aromatic carbocycles. The summed E-state index contributed by atoms with van der Waals surface area (Å²) >= 11 is 0. The highest BCUT2D eigenvalue weighted by Crippen LogP contribution is 2.68. The molecule has 7 nitrogen and oxygen atoms in total. The van der Waals surface area contributed by atoms with Gasteiger partial charge < -0.3 is 9.26 Å². The smallest absolute Gasteiger partial charge is 0.404 e. The quantitative estimate of drug-likeness (QED) is 0.332. The maximum Gasteiger partial charge on any atom is 0.524 e. The number of methoxy groups -OCH3 is 1. The van der Waals surface area contributed by atoms with Gasteiger partial charge in [0.25, 0.3) is 5.79 Å². The van der Waals surface area contributed by atoms with Crippen molar-refractivity contribution in [3.05, 3.63) is 41.0 Å². The maximum atomic E-state index is 11.2. The van der Waals surface area contributed by atoms with Crippen molar-refractivity contribution in [3.8, 4) is 5.75 Å². The molecule has 1 spiro atoms. The molecule has 2 bridgehead atoms. The Morgan fingerprint density at radius 3 is 2.38 bits per heavy atom. The van der Waals surface area contributed by atoms with E-state index in [2.05, 4.69) is 6.92 Å². The van der Waals surface area contributed by atoms with Gasteiger partial charge >= 0.3 is 7.82 Å². The average Bonchev–Trinajstić information content (AvgIpc) is 2.76. The van der Waals surface area contributed by atoms with Crippen molar-refractivity contribution in [3.63, 3.8) is 0 Å². The SMILES string of the molecule is CCCC1C2=C(CCCC2)C2CCCC1C21OOC1(OC)c1ccc(OP(=O)(O)O)cc1. The van der Waals surface area contributed by atoms with Gasteiger partial charge in [0.1, 0.15) is 5.75 Å². The van der Waals surface area contributed by atoms with Gasteiger partial charge in [0.15, 0.2) is 5.60 Å². The summed E-state index contributed by atoms with van der Waals surface area (Å²) in [5.41, 5.74) is 3.47. The zero-order valence-corrected chi connectivity index (χ0v) is 19.7. The summed E-state index contributed by atoms with van der Waals surface area (Å²) in [6.07, 6.45) is 10.5. The predicted octanol–water partition coefficient (Wildman–Crippen LogP) is 5.37. The summed E-state index contributed by atoms with van der Waals surface area (Å²) in [5, 5.41) is 0. The minimum Gasteiger partial charge on any atom is -0.404 e. The van der Waals surface area contributed by atoms with Gasteiger partial charge in [0.2, 0.25) is 0 Å². The zero-order valence-electron chi connectivity index (χ0n) is 18.8. The van der Waals surface area contributed by atoms with Crippen LogP contribution < -0.4 is 4.52 Å². The maximum absolute atomic E-state index is 11.2. The topological polar surface area (TPSA) is 94.5 Å². The fourth-order valence-electron chi connectivity index (χ4n) is 7.13. The Hall–Kier alpha value is -1.21. The molecule has 0 radical (unpaired) electrons. The molecule has 8 heteroatoms. The van der Waals surface area contributed by atoms with Crippen LogP contribution in [-0.4, -0.2) is 22.5 Å². The molecule has 5 rings (SSSR count). The highest BCUT2D eigenvalue weighted by Gasteiger charge is 2.76. The number of phosphoric ester groups is 1. The van der Waals surface area contributed by atoms with E-state index >= 15 is 0 Å². The molecule has 2 fully saturated rings. The normalized spacial score (nSPS) is 36.6. The van der Waals surface area contributed by atoms with Crippen LogP contribution in [0.4, 0.5) is 0 Å². The molecule has 5 unspecified atom stereocenters. The highest BCUT2D eigenvalue weighted by atomic mass is 31.2. The molecule has 4 aliphatic rings. The average molecular weight is 464 g/mol. The minimum absolute atomic E-state index is 0.104. The Labute approximate surface area is 189 Å². The van der Waals surface area contributed by atoms with Crippen molar-refractivity contribution in [2.45, 2.75) is 76.1 Å². The zero-order chi connectivity index (χ0) is 22.6. The highest BCUT2D eigenvalue weighted by molar-refractivity contribution is 7.46. The van der Waals surface area contributed by atoms with E-state index in [1.54, 1.807) is 42.5 Å². The van der Waals surface area contributed by atoms with Gasteiger partial charge in [-0.1, -0.05) is 30.9 Å². The Morgan fingerprint density at radius 2 is 1.78 bits per heavy atom. The lowest BCUT2D eigenvalue weighted by Gasteiger charge is -2.67. The summed E-state index contributed by atoms with van der Waals surface area (Å²) in [6.45, 7) is 2.26. The second-order valence-electron chi connectivity index (χ2n) is 9.63. The van der Waals surface area contributed by atoms with Crippen molar-refractivity contribution in [1.29, 1.82) is 0 Å². The summed E-state index contributed by atoms with van der Waals surface area (Å²) in [7, 11) is -2.95. The number of hydrogen-bond acceptors (Lipinski definition) is 5. The van der Waals surface area contributed by atoms with Crippen LogP contribution >= 0.6 is 7.82 Å². The van der Waals surface area contributed by atoms with Crippen molar-refractivity contribution < 1.29 is 33.4 Å². The van der Waals surface area contributed by atoms with Crippen LogP contribution in [-0.2, 0) is 24.9 Å². The van der Waals surface area contributed by atoms with E-state index in [0.29, 0.717) is 11.8 Å². The third-order valence-electron chi connectivity index (χ3n) is 8.14. The molecular formula is C24H33O7P. The van der Waals surface area contributed by atoms with E-state index in [1.807, 2.05) is 0 Å². The molecule has 5 atom stereocenters. The van der Waals surface area contributed by atoms with E-state index < -0.39 is 19.2 Å². The summed E-state index contributed by atoms with van der Waals surface area (Å²) < 4.78 is 22.1. The number of rotatable bonds is 6. The lowest BCUT2D eigenvalue weighted by molar-refractivity contribution is -0.640. The minimum atomic E-state index is -4.62. The molecular weight excluding hydrogens is 431 g/mol. The number of hydrogen-bond donors (Lipinski definition) is 2. The van der Waals surface area contributed by atoms with Crippen LogP contribution in [0.3, 0.4) is 0 Å². The molecule has 1 aliphatic heterocycles. The first-order chi connectivity index (χ1) is 15.4. The monoisotopic (exact) mass is 464 g/mol. The third-order valence-corrected chi connectivity index (χ3v) is 8.59. The van der Waals surface area contributed by atoms with Crippen LogP contribution in [0, 0.1) is 17.8 Å². The van der Waals surface area contributed by atoms with Gasteiger partial charge in [-0.15, -0.1) is 0 Å². The fourth-order valence-corrected chi connectivity index (χ4v) is 7.53. The Balaban J connectivity index is 1.59. The van der Waals surface area contributed by atoms with Gasteiger partial charge in [-0.25, -0.2) is 9.45 Å². The van der Waals surface area contributed by atoms with Crippen molar-refractivity contribution in [2.24, 2.45) is 17.8 Å². The van der Waals surface area contributed by atoms with Gasteiger partial charge in [-0.2, -0.15) is 4.89 Å². The van der Waals surface area contributed by atoms with E-state index in [4.69, 9.17) is 28.8 Å².